The van der Waals surface area contributed by atoms with Gasteiger partial charge in [0.2, 0.25) is 0 Å². The Morgan fingerprint density at radius 1 is 1.39 bits per heavy atom. The Labute approximate surface area is 112 Å². The van der Waals surface area contributed by atoms with Gasteiger partial charge < -0.3 is 14.4 Å². The summed E-state index contributed by atoms with van der Waals surface area (Å²) in [6, 6.07) is 2.04. The molecule has 1 aromatic rings. The molecule has 2 heterocycles. The molecule has 0 unspecified atom stereocenters. The molecule has 1 aromatic heterocycles. The van der Waals surface area contributed by atoms with Crippen LogP contribution in [-0.4, -0.2) is 55.2 Å². The minimum Gasteiger partial charge on any atom is -0.381 e. The molecule has 0 spiro atoms. The molecule has 0 amide bonds. The quantitative estimate of drug-likeness (QED) is 0.442. The monoisotopic (exact) mass is 269 g/mol. The first-order valence-corrected chi connectivity index (χ1v) is 7.24. The molecule has 1 saturated heterocycles. The number of hydrogen-bond acceptors (Lipinski definition) is 6. The fourth-order valence-corrected chi connectivity index (χ4v) is 2.44. The highest BCUT2D eigenvalue weighted by Crippen LogP contribution is 2.20. The van der Waals surface area contributed by atoms with Crippen molar-refractivity contribution in [2.75, 3.05) is 50.2 Å². The number of morpholine rings is 1. The van der Waals surface area contributed by atoms with Gasteiger partial charge in [0.05, 0.1) is 19.8 Å². The summed E-state index contributed by atoms with van der Waals surface area (Å²) in [7, 11) is 0. The smallest absolute Gasteiger partial charge is 0.133 e. The van der Waals surface area contributed by atoms with Crippen LogP contribution in [0.5, 0.6) is 0 Å². The topological polar surface area (TPSA) is 47.5 Å². The van der Waals surface area contributed by atoms with E-state index in [0.717, 1.165) is 56.1 Å². The average Bonchev–Trinajstić information content (AvgIpc) is 2.45. The van der Waals surface area contributed by atoms with Gasteiger partial charge in [-0.05, 0) is 6.92 Å². The third-order valence-electron chi connectivity index (χ3n) is 2.64. The van der Waals surface area contributed by atoms with Crippen LogP contribution in [0.25, 0.3) is 0 Å². The Kier molecular flexibility index (Phi) is 5.70. The zero-order chi connectivity index (χ0) is 12.6. The van der Waals surface area contributed by atoms with Gasteiger partial charge in [-0.3, -0.25) is 0 Å². The van der Waals surface area contributed by atoms with Crippen LogP contribution in [0.1, 0.15) is 6.92 Å². The predicted octanol–water partition coefficient (Wildman–Crippen LogP) is 1.44. The molecular weight excluding hydrogens is 250 g/mol. The molecule has 5 nitrogen and oxygen atoms in total. The largest absolute Gasteiger partial charge is 0.381 e. The number of anilines is 1. The van der Waals surface area contributed by atoms with Crippen molar-refractivity contribution < 1.29 is 9.47 Å². The lowest BCUT2D eigenvalue weighted by molar-refractivity contribution is 0.122. The van der Waals surface area contributed by atoms with Crippen molar-refractivity contribution in [3.05, 3.63) is 12.4 Å². The Morgan fingerprint density at radius 2 is 2.22 bits per heavy atom. The second kappa shape index (κ2) is 7.56. The highest BCUT2D eigenvalue weighted by atomic mass is 32.2. The van der Waals surface area contributed by atoms with Gasteiger partial charge in [0, 0.05) is 31.5 Å². The van der Waals surface area contributed by atoms with Gasteiger partial charge >= 0.3 is 0 Å². The van der Waals surface area contributed by atoms with Crippen LogP contribution in [0.2, 0.25) is 0 Å². The van der Waals surface area contributed by atoms with Crippen molar-refractivity contribution in [2.45, 2.75) is 11.9 Å². The lowest BCUT2D eigenvalue weighted by Crippen LogP contribution is -2.36. The Bertz CT molecular complexity index is 359. The van der Waals surface area contributed by atoms with E-state index in [1.165, 1.54) is 0 Å². The second-order valence-electron chi connectivity index (χ2n) is 3.86. The summed E-state index contributed by atoms with van der Waals surface area (Å²) in [6.07, 6.45) is 1.63. The minimum atomic E-state index is 0.762. The maximum atomic E-state index is 5.34. The van der Waals surface area contributed by atoms with Crippen molar-refractivity contribution in [3.63, 3.8) is 0 Å². The van der Waals surface area contributed by atoms with E-state index < -0.39 is 0 Å². The lowest BCUT2D eigenvalue weighted by Gasteiger charge is -2.27. The molecule has 0 saturated carbocycles. The van der Waals surface area contributed by atoms with E-state index in [2.05, 4.69) is 14.9 Å². The average molecular weight is 269 g/mol. The summed E-state index contributed by atoms with van der Waals surface area (Å²) < 4.78 is 10.6. The molecular formula is C12H19N3O2S. The van der Waals surface area contributed by atoms with Gasteiger partial charge in [0.25, 0.3) is 0 Å². The summed E-state index contributed by atoms with van der Waals surface area (Å²) in [4.78, 5) is 10.8. The lowest BCUT2D eigenvalue weighted by atomic mass is 10.4. The SMILES string of the molecule is CCOCCSc1cc(N2CCOCC2)ncn1. The molecule has 100 valence electrons. The summed E-state index contributed by atoms with van der Waals surface area (Å²) in [5, 5.41) is 1.01. The van der Waals surface area contributed by atoms with E-state index in [4.69, 9.17) is 9.47 Å². The zero-order valence-electron chi connectivity index (χ0n) is 10.7. The molecule has 0 atom stereocenters. The minimum absolute atomic E-state index is 0.762. The number of hydrogen-bond donors (Lipinski definition) is 0. The number of aromatic nitrogens is 2. The second-order valence-corrected chi connectivity index (χ2v) is 4.97. The van der Waals surface area contributed by atoms with E-state index in [-0.39, 0.29) is 0 Å². The molecule has 0 aliphatic carbocycles. The Morgan fingerprint density at radius 3 is 3.00 bits per heavy atom. The molecule has 6 heteroatoms. The van der Waals surface area contributed by atoms with Gasteiger partial charge in [0.15, 0.2) is 0 Å². The van der Waals surface area contributed by atoms with Crippen LogP contribution in [0.3, 0.4) is 0 Å². The molecule has 1 aliphatic heterocycles. The molecule has 18 heavy (non-hydrogen) atoms. The summed E-state index contributed by atoms with van der Waals surface area (Å²) in [6.45, 7) is 6.89. The highest BCUT2D eigenvalue weighted by molar-refractivity contribution is 7.99. The molecule has 1 aliphatic rings. The molecule has 0 radical (unpaired) electrons. The normalized spacial score (nSPS) is 15.9. The molecule has 0 N–H and O–H groups in total. The third kappa shape index (κ3) is 4.12. The predicted molar refractivity (Wildman–Crippen MR) is 72.3 cm³/mol. The number of nitrogens with zero attached hydrogens (tertiary/aromatic N) is 3. The van der Waals surface area contributed by atoms with Gasteiger partial charge in [-0.15, -0.1) is 11.8 Å². The van der Waals surface area contributed by atoms with Crippen LogP contribution < -0.4 is 4.90 Å². The molecule has 2 rings (SSSR count). The van der Waals surface area contributed by atoms with E-state index in [9.17, 15) is 0 Å². The van der Waals surface area contributed by atoms with E-state index in [1.807, 2.05) is 13.0 Å². The maximum Gasteiger partial charge on any atom is 0.133 e. The number of thioether (sulfide) groups is 1. The maximum absolute atomic E-state index is 5.34. The van der Waals surface area contributed by atoms with Crippen molar-refractivity contribution in [3.8, 4) is 0 Å². The van der Waals surface area contributed by atoms with Crippen LogP contribution in [0, 0.1) is 0 Å². The van der Waals surface area contributed by atoms with E-state index in [1.54, 1.807) is 18.1 Å². The van der Waals surface area contributed by atoms with Gasteiger partial charge in [0.1, 0.15) is 17.2 Å². The standard InChI is InChI=1S/C12H19N3O2S/c1-2-16-7-8-18-12-9-11(13-10-14-12)15-3-5-17-6-4-15/h9-10H,2-8H2,1H3. The van der Waals surface area contributed by atoms with Gasteiger partial charge in [-0.25, -0.2) is 9.97 Å². The fourth-order valence-electron chi connectivity index (χ4n) is 1.72. The first-order chi connectivity index (χ1) is 8.90. The van der Waals surface area contributed by atoms with Crippen molar-refractivity contribution >= 4 is 17.6 Å². The van der Waals surface area contributed by atoms with Crippen molar-refractivity contribution in [2.24, 2.45) is 0 Å². The van der Waals surface area contributed by atoms with Gasteiger partial charge in [-0.1, -0.05) is 0 Å². The van der Waals surface area contributed by atoms with Crippen LogP contribution >= 0.6 is 11.8 Å². The number of ether oxygens (including phenoxy) is 2. The summed E-state index contributed by atoms with van der Waals surface area (Å²) in [5.74, 6) is 1.92. The fraction of sp³-hybridized carbons (Fsp3) is 0.667. The Balaban J connectivity index is 1.88. The van der Waals surface area contributed by atoms with Crippen LogP contribution in [-0.2, 0) is 9.47 Å². The van der Waals surface area contributed by atoms with Crippen LogP contribution in [0.4, 0.5) is 5.82 Å². The van der Waals surface area contributed by atoms with Crippen molar-refractivity contribution in [1.29, 1.82) is 0 Å². The van der Waals surface area contributed by atoms with E-state index >= 15 is 0 Å². The highest BCUT2D eigenvalue weighted by Gasteiger charge is 2.12. The Hall–Kier alpha value is -0.850. The van der Waals surface area contributed by atoms with Crippen molar-refractivity contribution in [1.82, 2.24) is 9.97 Å². The molecule has 0 aromatic carbocycles. The number of rotatable bonds is 6. The first kappa shape index (κ1) is 13.6. The van der Waals surface area contributed by atoms with E-state index in [0.29, 0.717) is 0 Å². The molecule has 0 bridgehead atoms. The summed E-state index contributed by atoms with van der Waals surface area (Å²) >= 11 is 1.70. The first-order valence-electron chi connectivity index (χ1n) is 6.25. The zero-order valence-corrected chi connectivity index (χ0v) is 11.5. The van der Waals surface area contributed by atoms with Gasteiger partial charge in [-0.2, -0.15) is 0 Å². The third-order valence-corrected chi connectivity index (χ3v) is 3.53. The summed E-state index contributed by atoms with van der Waals surface area (Å²) in [5.41, 5.74) is 0. The van der Waals surface area contributed by atoms with Crippen LogP contribution in [0.15, 0.2) is 17.4 Å². The molecule has 1 fully saturated rings.